The Kier molecular flexibility index (Phi) is 8.08. The smallest absolute Gasteiger partial charge is 0.244 e. The Morgan fingerprint density at radius 2 is 2.12 bits per heavy atom. The molecule has 6 heteroatoms. The van der Waals surface area contributed by atoms with Crippen LogP contribution in [0.4, 0.5) is 0 Å². The van der Waals surface area contributed by atoms with Crippen molar-refractivity contribution in [2.45, 2.75) is 39.5 Å². The van der Waals surface area contributed by atoms with Crippen LogP contribution in [0.5, 0.6) is 0 Å². The van der Waals surface area contributed by atoms with Crippen molar-refractivity contribution in [3.63, 3.8) is 0 Å². The van der Waals surface area contributed by atoms with Gasteiger partial charge in [-0.05, 0) is 50.0 Å². The van der Waals surface area contributed by atoms with Crippen molar-refractivity contribution in [3.8, 4) is 0 Å². The summed E-state index contributed by atoms with van der Waals surface area (Å²) < 4.78 is 0. The van der Waals surface area contributed by atoms with Crippen LogP contribution in [-0.2, 0) is 11.2 Å². The first-order valence-corrected chi connectivity index (χ1v) is 9.89. The van der Waals surface area contributed by atoms with E-state index in [-0.39, 0.29) is 12.5 Å². The molecule has 2 rings (SSSR count). The molecule has 1 fully saturated rings. The molecule has 1 aromatic rings. The number of carbonyl (C=O) groups is 1. The second kappa shape index (κ2) is 10.3. The number of nitrogens with zero attached hydrogens (tertiary/aromatic N) is 2. The molecule has 1 atom stereocenters. The largest absolute Gasteiger partial charge is 0.357 e. The first-order chi connectivity index (χ1) is 11.7. The van der Waals surface area contributed by atoms with Gasteiger partial charge in [0.2, 0.25) is 5.91 Å². The van der Waals surface area contributed by atoms with Gasteiger partial charge < -0.3 is 15.5 Å². The number of likely N-dealkylation sites (tertiary alicyclic amines) is 1. The van der Waals surface area contributed by atoms with Gasteiger partial charge in [0.1, 0.15) is 6.54 Å². The molecule has 1 unspecified atom stereocenters. The van der Waals surface area contributed by atoms with Crippen LogP contribution in [0.1, 0.15) is 38.0 Å². The minimum atomic E-state index is 0.138. The monoisotopic (exact) mass is 350 g/mol. The van der Waals surface area contributed by atoms with Gasteiger partial charge in [0.05, 0.1) is 0 Å². The Morgan fingerprint density at radius 1 is 1.33 bits per heavy atom. The van der Waals surface area contributed by atoms with Gasteiger partial charge in [0.25, 0.3) is 0 Å². The molecule has 2 N–H and O–H groups in total. The maximum Gasteiger partial charge on any atom is 0.244 e. The Hall–Kier alpha value is -1.56. The van der Waals surface area contributed by atoms with E-state index in [1.54, 1.807) is 11.3 Å². The number of amides is 1. The predicted octanol–water partition coefficient (Wildman–Crippen LogP) is 2.49. The third-order valence-corrected chi connectivity index (χ3v) is 5.07. The summed E-state index contributed by atoms with van der Waals surface area (Å²) >= 11 is 1.80. The first-order valence-electron chi connectivity index (χ1n) is 9.01. The first kappa shape index (κ1) is 18.8. The van der Waals surface area contributed by atoms with Crippen LogP contribution >= 0.6 is 11.3 Å². The zero-order valence-corrected chi connectivity index (χ0v) is 15.7. The third-order valence-electron chi connectivity index (χ3n) is 4.17. The molecule has 1 aliphatic rings. The minimum Gasteiger partial charge on any atom is -0.357 e. The maximum absolute atomic E-state index is 12.2. The highest BCUT2D eigenvalue weighted by molar-refractivity contribution is 7.09. The van der Waals surface area contributed by atoms with E-state index in [9.17, 15) is 4.79 Å². The van der Waals surface area contributed by atoms with Gasteiger partial charge in [-0.1, -0.05) is 13.0 Å². The topological polar surface area (TPSA) is 56.7 Å². The summed E-state index contributed by atoms with van der Waals surface area (Å²) in [4.78, 5) is 20.0. The fraction of sp³-hybridized carbons (Fsp3) is 0.667. The standard InChI is InChI=1S/C18H30N4OS/c1-3-19-18(20-13-15(2)12-16-8-7-11-24-16)21-14-17(23)22-9-5-4-6-10-22/h7-8,11,15H,3-6,9-10,12-14H2,1-2H3,(H2,19,20,21). The van der Waals surface area contributed by atoms with Crippen molar-refractivity contribution in [2.75, 3.05) is 32.7 Å². The summed E-state index contributed by atoms with van der Waals surface area (Å²) in [6, 6.07) is 4.27. The molecular formula is C18H30N4OS. The van der Waals surface area contributed by atoms with E-state index >= 15 is 0 Å². The van der Waals surface area contributed by atoms with Gasteiger partial charge >= 0.3 is 0 Å². The van der Waals surface area contributed by atoms with Crippen LogP contribution in [0.15, 0.2) is 22.5 Å². The number of hydrogen-bond donors (Lipinski definition) is 2. The van der Waals surface area contributed by atoms with Crippen molar-refractivity contribution >= 4 is 23.2 Å². The Bertz CT molecular complexity index is 509. The third kappa shape index (κ3) is 6.51. The molecule has 24 heavy (non-hydrogen) atoms. The van der Waals surface area contributed by atoms with Crippen molar-refractivity contribution in [2.24, 2.45) is 10.9 Å². The Labute approximate surface area is 149 Å². The van der Waals surface area contributed by atoms with Crippen LogP contribution in [0.2, 0.25) is 0 Å². The predicted molar refractivity (Wildman–Crippen MR) is 102 cm³/mol. The van der Waals surface area contributed by atoms with Crippen LogP contribution < -0.4 is 10.6 Å². The van der Waals surface area contributed by atoms with E-state index in [2.05, 4.69) is 40.1 Å². The number of nitrogens with one attached hydrogen (secondary N) is 2. The summed E-state index contributed by atoms with van der Waals surface area (Å²) in [6.07, 6.45) is 4.54. The Balaban J connectivity index is 1.77. The van der Waals surface area contributed by atoms with E-state index in [0.29, 0.717) is 5.92 Å². The van der Waals surface area contributed by atoms with E-state index in [1.165, 1.54) is 11.3 Å². The lowest BCUT2D eigenvalue weighted by atomic mass is 10.1. The molecule has 5 nitrogen and oxygen atoms in total. The number of piperidine rings is 1. The molecule has 0 bridgehead atoms. The van der Waals surface area contributed by atoms with Gasteiger partial charge in [0, 0.05) is 31.1 Å². The van der Waals surface area contributed by atoms with E-state index < -0.39 is 0 Å². The molecule has 0 saturated carbocycles. The molecule has 1 amide bonds. The highest BCUT2D eigenvalue weighted by Crippen LogP contribution is 2.13. The van der Waals surface area contributed by atoms with Crippen LogP contribution in [0.25, 0.3) is 0 Å². The van der Waals surface area contributed by atoms with E-state index in [4.69, 9.17) is 0 Å². The molecule has 0 spiro atoms. The minimum absolute atomic E-state index is 0.138. The van der Waals surface area contributed by atoms with Crippen LogP contribution in [0, 0.1) is 5.92 Å². The average Bonchev–Trinajstić information content (AvgIpc) is 3.10. The highest BCUT2D eigenvalue weighted by Gasteiger charge is 2.16. The van der Waals surface area contributed by atoms with E-state index in [1.807, 2.05) is 11.8 Å². The number of carbonyl (C=O) groups excluding carboxylic acids is 1. The highest BCUT2D eigenvalue weighted by atomic mass is 32.1. The normalized spacial score (nSPS) is 16.8. The fourth-order valence-electron chi connectivity index (χ4n) is 2.85. The molecule has 1 saturated heterocycles. The van der Waals surface area contributed by atoms with Gasteiger partial charge in [0.15, 0.2) is 5.96 Å². The SMILES string of the molecule is CCNC(=NCC(=O)N1CCCCC1)NCC(C)Cc1cccs1. The molecule has 1 aliphatic heterocycles. The summed E-state index contributed by atoms with van der Waals surface area (Å²) in [7, 11) is 0. The van der Waals surface area contributed by atoms with Gasteiger partial charge in [-0.25, -0.2) is 4.99 Å². The van der Waals surface area contributed by atoms with Crippen LogP contribution in [-0.4, -0.2) is 49.5 Å². The zero-order chi connectivity index (χ0) is 17.2. The van der Waals surface area contributed by atoms with Crippen molar-refractivity contribution < 1.29 is 4.79 Å². The molecule has 2 heterocycles. The van der Waals surface area contributed by atoms with Gasteiger partial charge in [-0.2, -0.15) is 0 Å². The Morgan fingerprint density at radius 3 is 2.79 bits per heavy atom. The number of rotatable bonds is 7. The lowest BCUT2D eigenvalue weighted by Gasteiger charge is -2.26. The van der Waals surface area contributed by atoms with E-state index in [0.717, 1.165) is 51.4 Å². The number of aliphatic imine (C=N–C) groups is 1. The summed E-state index contributed by atoms with van der Waals surface area (Å²) in [5.74, 6) is 1.39. The summed E-state index contributed by atoms with van der Waals surface area (Å²) in [5, 5.41) is 8.71. The maximum atomic E-state index is 12.2. The second-order valence-corrected chi connectivity index (χ2v) is 7.44. The average molecular weight is 351 g/mol. The van der Waals surface area contributed by atoms with Crippen molar-refractivity contribution in [1.29, 1.82) is 0 Å². The molecule has 1 aromatic heterocycles. The molecule has 0 aliphatic carbocycles. The molecule has 0 radical (unpaired) electrons. The molecule has 134 valence electrons. The van der Waals surface area contributed by atoms with Crippen molar-refractivity contribution in [1.82, 2.24) is 15.5 Å². The number of hydrogen-bond acceptors (Lipinski definition) is 3. The summed E-state index contributed by atoms with van der Waals surface area (Å²) in [6.45, 7) is 7.92. The van der Waals surface area contributed by atoms with Crippen molar-refractivity contribution in [3.05, 3.63) is 22.4 Å². The zero-order valence-electron chi connectivity index (χ0n) is 14.9. The number of thiophene rings is 1. The van der Waals surface area contributed by atoms with Gasteiger partial charge in [-0.15, -0.1) is 11.3 Å². The fourth-order valence-corrected chi connectivity index (χ4v) is 3.72. The lowest BCUT2D eigenvalue weighted by Crippen LogP contribution is -2.41. The summed E-state index contributed by atoms with van der Waals surface area (Å²) in [5.41, 5.74) is 0. The molecular weight excluding hydrogens is 320 g/mol. The second-order valence-electron chi connectivity index (χ2n) is 6.41. The number of guanidine groups is 1. The molecule has 0 aromatic carbocycles. The van der Waals surface area contributed by atoms with Gasteiger partial charge in [-0.3, -0.25) is 4.79 Å². The van der Waals surface area contributed by atoms with Crippen LogP contribution in [0.3, 0.4) is 0 Å². The quantitative estimate of drug-likeness (QED) is 0.587. The lowest BCUT2D eigenvalue weighted by molar-refractivity contribution is -0.130.